The summed E-state index contributed by atoms with van der Waals surface area (Å²) in [5.74, 6) is 0.155. The van der Waals surface area contributed by atoms with Crippen LogP contribution in [0.15, 0.2) is 53.4 Å². The number of halogens is 1. The molecule has 1 saturated heterocycles. The average Bonchev–Trinajstić information content (AvgIpc) is 3.22. The summed E-state index contributed by atoms with van der Waals surface area (Å²) in [6, 6.07) is 16.0. The predicted molar refractivity (Wildman–Crippen MR) is 105 cm³/mol. The van der Waals surface area contributed by atoms with Crippen molar-refractivity contribution >= 4 is 29.3 Å². The van der Waals surface area contributed by atoms with Gasteiger partial charge in [0.25, 0.3) is 0 Å². The smallest absolute Gasteiger partial charge is 0.238 e. The maximum absolute atomic E-state index is 13.2. The second-order valence-corrected chi connectivity index (χ2v) is 9.62. The highest BCUT2D eigenvalue weighted by Crippen LogP contribution is 2.44. The Balaban J connectivity index is 1.50. The number of carbonyl (C=O) groups excluding carboxylic acids is 1. The predicted octanol–water partition coefficient (Wildman–Crippen LogP) is 4.87. The number of hydrogen-bond donors (Lipinski definition) is 0. The lowest BCUT2D eigenvalue weighted by Gasteiger charge is -2.30. The number of rotatable bonds is 3. The van der Waals surface area contributed by atoms with Crippen LogP contribution in [0.2, 0.25) is 5.02 Å². The lowest BCUT2D eigenvalue weighted by molar-refractivity contribution is -0.133. The summed E-state index contributed by atoms with van der Waals surface area (Å²) in [4.78, 5) is 16.2. The molecule has 0 N–H and O–H groups in total. The Bertz CT molecular complexity index is 836. The fourth-order valence-corrected chi connectivity index (χ4v) is 5.10. The van der Waals surface area contributed by atoms with E-state index < -0.39 is 4.75 Å². The van der Waals surface area contributed by atoms with Crippen LogP contribution in [0, 0.1) is 0 Å². The summed E-state index contributed by atoms with van der Waals surface area (Å²) in [5, 5.41) is 0.706. The monoisotopic (exact) mass is 387 g/mol. The van der Waals surface area contributed by atoms with Crippen LogP contribution in [-0.4, -0.2) is 28.6 Å². The van der Waals surface area contributed by atoms with E-state index >= 15 is 0 Å². The van der Waals surface area contributed by atoms with Crippen LogP contribution in [0.5, 0.6) is 0 Å². The first kappa shape index (κ1) is 17.9. The van der Waals surface area contributed by atoms with Crippen molar-refractivity contribution in [3.05, 3.63) is 64.7 Å². The largest absolute Gasteiger partial charge is 0.364 e. The highest BCUT2D eigenvalue weighted by atomic mass is 35.5. The molecular weight excluding hydrogens is 366 g/mol. The molecule has 4 rings (SSSR count). The molecule has 1 amide bonds. The molecule has 1 spiro atoms. The summed E-state index contributed by atoms with van der Waals surface area (Å²) in [6.45, 7) is 5.98. The van der Waals surface area contributed by atoms with Crippen LogP contribution in [0.3, 0.4) is 0 Å². The van der Waals surface area contributed by atoms with Crippen molar-refractivity contribution < 1.29 is 9.53 Å². The van der Waals surface area contributed by atoms with E-state index in [4.69, 9.17) is 16.3 Å². The number of hydrogen-bond acceptors (Lipinski definition) is 3. The minimum Gasteiger partial charge on any atom is -0.364 e. The van der Waals surface area contributed by atoms with Crippen LogP contribution < -0.4 is 0 Å². The molecule has 1 fully saturated rings. The van der Waals surface area contributed by atoms with Gasteiger partial charge in [-0.05, 0) is 55.7 Å². The first-order chi connectivity index (χ1) is 12.4. The second kappa shape index (κ2) is 6.59. The molecule has 2 aliphatic rings. The number of ether oxygens (including phenoxy) is 1. The molecule has 0 radical (unpaired) electrons. The maximum Gasteiger partial charge on any atom is 0.238 e. The molecule has 0 saturated carbocycles. The number of fused-ring (bicyclic) bond motifs is 2. The Labute approximate surface area is 163 Å². The van der Waals surface area contributed by atoms with Gasteiger partial charge in [-0.3, -0.25) is 4.79 Å². The highest BCUT2D eigenvalue weighted by molar-refractivity contribution is 8.01. The molecule has 3 nitrogen and oxygen atoms in total. The number of thioether (sulfide) groups is 1. The van der Waals surface area contributed by atoms with Gasteiger partial charge in [0.2, 0.25) is 5.91 Å². The van der Waals surface area contributed by atoms with Gasteiger partial charge in [-0.2, -0.15) is 0 Å². The molecule has 1 atom stereocenters. The maximum atomic E-state index is 13.2. The van der Waals surface area contributed by atoms with Gasteiger partial charge in [-0.15, -0.1) is 11.8 Å². The van der Waals surface area contributed by atoms with E-state index in [0.717, 1.165) is 17.9 Å². The number of carbonyl (C=O) groups is 1. The minimum absolute atomic E-state index is 0.155. The van der Waals surface area contributed by atoms with Gasteiger partial charge >= 0.3 is 0 Å². The van der Waals surface area contributed by atoms with Gasteiger partial charge in [0.15, 0.2) is 0 Å². The zero-order chi connectivity index (χ0) is 18.4. The first-order valence-corrected chi connectivity index (χ1v) is 10.1. The van der Waals surface area contributed by atoms with E-state index in [0.29, 0.717) is 18.2 Å². The fraction of sp³-hybridized carbons (Fsp3) is 0.381. The summed E-state index contributed by atoms with van der Waals surface area (Å²) in [7, 11) is 0. The zero-order valence-corrected chi connectivity index (χ0v) is 16.6. The van der Waals surface area contributed by atoms with Crippen molar-refractivity contribution in [2.24, 2.45) is 0 Å². The van der Waals surface area contributed by atoms with Crippen LogP contribution >= 0.6 is 23.4 Å². The van der Waals surface area contributed by atoms with Crippen LogP contribution in [0.25, 0.3) is 0 Å². The summed E-state index contributed by atoms with van der Waals surface area (Å²) in [5.41, 5.74) is 2.17. The third-order valence-corrected chi connectivity index (χ3v) is 6.68. The van der Waals surface area contributed by atoms with E-state index in [9.17, 15) is 4.79 Å². The van der Waals surface area contributed by atoms with Crippen molar-refractivity contribution in [2.45, 2.75) is 42.1 Å². The number of amides is 1. The van der Waals surface area contributed by atoms with Gasteiger partial charge in [0, 0.05) is 16.5 Å². The van der Waals surface area contributed by atoms with Crippen molar-refractivity contribution in [1.29, 1.82) is 0 Å². The van der Waals surface area contributed by atoms with Gasteiger partial charge < -0.3 is 9.64 Å². The van der Waals surface area contributed by atoms with Crippen molar-refractivity contribution in [3.63, 3.8) is 0 Å². The van der Waals surface area contributed by atoms with Crippen LogP contribution in [0.1, 0.15) is 31.4 Å². The molecule has 0 aromatic heterocycles. The zero-order valence-electron chi connectivity index (χ0n) is 15.0. The first-order valence-electron chi connectivity index (χ1n) is 8.86. The lowest BCUT2D eigenvalue weighted by Crippen LogP contribution is -2.43. The average molecular weight is 388 g/mol. The van der Waals surface area contributed by atoms with Gasteiger partial charge in [-0.1, -0.05) is 35.9 Å². The fourth-order valence-electron chi connectivity index (χ4n) is 3.90. The van der Waals surface area contributed by atoms with E-state index in [1.165, 1.54) is 11.1 Å². The van der Waals surface area contributed by atoms with E-state index in [2.05, 4.69) is 18.2 Å². The lowest BCUT2D eigenvalue weighted by atomic mass is 9.92. The van der Waals surface area contributed by atoms with Gasteiger partial charge in [0.1, 0.15) is 5.60 Å². The van der Waals surface area contributed by atoms with E-state index in [1.807, 2.05) is 49.1 Å². The molecular formula is C21H22ClNO2S. The number of benzene rings is 2. The third-order valence-electron chi connectivity index (χ3n) is 5.23. The second-order valence-electron chi connectivity index (χ2n) is 7.48. The number of nitrogens with zero attached hydrogens (tertiary/aromatic N) is 1. The summed E-state index contributed by atoms with van der Waals surface area (Å²) < 4.78 is 5.64. The van der Waals surface area contributed by atoms with Crippen molar-refractivity contribution in [3.8, 4) is 0 Å². The standard InChI is InChI=1S/C21H22ClNO2S/c1-20(2,26-17-9-7-16(22)8-10-17)19(24)23-12-11-21(14-23)18-6-4-3-5-15(18)13-25-21/h3-10H,11-14H2,1-2H3/t21-/m0/s1. The Hall–Kier alpha value is -1.49. The Morgan fingerprint density at radius 2 is 1.92 bits per heavy atom. The molecule has 0 unspecified atom stereocenters. The molecule has 2 aromatic carbocycles. The minimum atomic E-state index is -0.544. The summed E-state index contributed by atoms with van der Waals surface area (Å²) in [6.07, 6.45) is 0.859. The molecule has 5 heteroatoms. The van der Waals surface area contributed by atoms with Crippen molar-refractivity contribution in [2.75, 3.05) is 13.1 Å². The molecule has 2 aromatic rings. The molecule has 2 heterocycles. The van der Waals surface area contributed by atoms with Crippen LogP contribution in [-0.2, 0) is 21.7 Å². The molecule has 26 heavy (non-hydrogen) atoms. The van der Waals surface area contributed by atoms with Gasteiger partial charge in [0.05, 0.1) is 17.9 Å². The van der Waals surface area contributed by atoms with Crippen molar-refractivity contribution in [1.82, 2.24) is 4.90 Å². The molecule has 0 aliphatic carbocycles. The normalized spacial score (nSPS) is 22.0. The molecule has 136 valence electrons. The topological polar surface area (TPSA) is 29.5 Å². The van der Waals surface area contributed by atoms with Crippen LogP contribution in [0.4, 0.5) is 0 Å². The quantitative estimate of drug-likeness (QED) is 0.704. The van der Waals surface area contributed by atoms with Gasteiger partial charge in [-0.25, -0.2) is 0 Å². The molecule has 2 aliphatic heterocycles. The van der Waals surface area contributed by atoms with E-state index in [1.54, 1.807) is 11.8 Å². The SMILES string of the molecule is CC(C)(Sc1ccc(Cl)cc1)C(=O)N1CC[C@@]2(C1)OCc1ccccc12. The Morgan fingerprint density at radius 3 is 2.69 bits per heavy atom. The highest BCUT2D eigenvalue weighted by Gasteiger charge is 2.48. The Kier molecular flexibility index (Phi) is 4.54. The Morgan fingerprint density at radius 1 is 1.19 bits per heavy atom. The number of likely N-dealkylation sites (tertiary alicyclic amines) is 1. The summed E-state index contributed by atoms with van der Waals surface area (Å²) >= 11 is 7.54. The molecule has 0 bridgehead atoms. The third kappa shape index (κ3) is 3.15. The van der Waals surface area contributed by atoms with E-state index in [-0.39, 0.29) is 11.5 Å².